The normalized spacial score (nSPS) is 10.2. The van der Waals surface area contributed by atoms with Crippen molar-refractivity contribution in [2.75, 3.05) is 18.1 Å². The summed E-state index contributed by atoms with van der Waals surface area (Å²) in [5.41, 5.74) is 5.95. The third kappa shape index (κ3) is 2.36. The van der Waals surface area contributed by atoms with Crippen molar-refractivity contribution in [2.45, 2.75) is 0 Å². The second-order valence-electron chi connectivity index (χ2n) is 3.25. The number of nitrogen functional groups attached to an aromatic ring is 1. The Kier molecular flexibility index (Phi) is 2.97. The Labute approximate surface area is 102 Å². The van der Waals surface area contributed by atoms with Crippen molar-refractivity contribution in [1.82, 2.24) is 15.0 Å². The van der Waals surface area contributed by atoms with E-state index >= 15 is 0 Å². The van der Waals surface area contributed by atoms with Gasteiger partial charge in [-0.3, -0.25) is 0 Å². The quantitative estimate of drug-likeness (QED) is 0.749. The van der Waals surface area contributed by atoms with Gasteiger partial charge in [-0.2, -0.15) is 15.0 Å². The minimum Gasteiger partial charge on any atom is -0.507 e. The number of rotatable bonds is 2. The molecule has 0 aliphatic heterocycles. The van der Waals surface area contributed by atoms with Gasteiger partial charge >= 0.3 is 0 Å². The van der Waals surface area contributed by atoms with Gasteiger partial charge in [-0.05, 0) is 18.2 Å². The van der Waals surface area contributed by atoms with Crippen molar-refractivity contribution in [1.29, 1.82) is 0 Å². The molecule has 7 heteroatoms. The van der Waals surface area contributed by atoms with Gasteiger partial charge in [0.05, 0.1) is 5.56 Å². The molecule has 17 heavy (non-hydrogen) atoms. The first-order chi connectivity index (χ1) is 8.10. The van der Waals surface area contributed by atoms with E-state index in [9.17, 15) is 5.11 Å². The second-order valence-corrected chi connectivity index (χ2v) is 3.69. The van der Waals surface area contributed by atoms with Crippen molar-refractivity contribution in [3.8, 4) is 17.1 Å². The number of nitrogens with zero attached hydrogens (tertiary/aromatic N) is 3. The standard InChI is InChI=1S/C10H10ClN5O/c1-13-10-15-8(14-9(12)16-10)6-4-5(11)2-3-7(6)17/h2-4,17H,1H3,(H3,12,13,14,15,16). The zero-order valence-corrected chi connectivity index (χ0v) is 9.73. The van der Waals surface area contributed by atoms with Crippen LogP contribution in [0.25, 0.3) is 11.4 Å². The molecule has 0 saturated heterocycles. The third-order valence-electron chi connectivity index (χ3n) is 2.08. The molecule has 0 unspecified atom stereocenters. The molecule has 0 atom stereocenters. The molecule has 4 N–H and O–H groups in total. The number of aromatic nitrogens is 3. The molecule has 0 bridgehead atoms. The van der Waals surface area contributed by atoms with E-state index in [1.807, 2.05) is 0 Å². The van der Waals surface area contributed by atoms with Gasteiger partial charge in [0.25, 0.3) is 0 Å². The van der Waals surface area contributed by atoms with Gasteiger partial charge in [0, 0.05) is 12.1 Å². The van der Waals surface area contributed by atoms with Crippen molar-refractivity contribution < 1.29 is 5.11 Å². The number of aromatic hydroxyl groups is 1. The van der Waals surface area contributed by atoms with Crippen LogP contribution in [0, 0.1) is 0 Å². The van der Waals surface area contributed by atoms with E-state index in [0.717, 1.165) is 0 Å². The summed E-state index contributed by atoms with van der Waals surface area (Å²) in [7, 11) is 1.66. The average molecular weight is 252 g/mol. The summed E-state index contributed by atoms with van der Waals surface area (Å²) in [6.45, 7) is 0. The molecule has 1 aromatic carbocycles. The lowest BCUT2D eigenvalue weighted by Gasteiger charge is -2.06. The summed E-state index contributed by atoms with van der Waals surface area (Å²) in [6.07, 6.45) is 0. The fourth-order valence-corrected chi connectivity index (χ4v) is 1.48. The molecule has 0 spiro atoms. The molecule has 0 saturated carbocycles. The van der Waals surface area contributed by atoms with Crippen LogP contribution >= 0.6 is 11.6 Å². The molecule has 0 aliphatic carbocycles. The lowest BCUT2D eigenvalue weighted by Crippen LogP contribution is -2.04. The van der Waals surface area contributed by atoms with Crippen LogP contribution in [0.3, 0.4) is 0 Å². The Balaban J connectivity index is 2.59. The SMILES string of the molecule is CNc1nc(N)nc(-c2cc(Cl)ccc2O)n1. The smallest absolute Gasteiger partial charge is 0.227 e. The van der Waals surface area contributed by atoms with E-state index in [4.69, 9.17) is 17.3 Å². The average Bonchev–Trinajstić information content (AvgIpc) is 2.31. The molecular formula is C10H10ClN5O. The van der Waals surface area contributed by atoms with E-state index in [-0.39, 0.29) is 17.5 Å². The fourth-order valence-electron chi connectivity index (χ4n) is 1.31. The van der Waals surface area contributed by atoms with E-state index < -0.39 is 0 Å². The maximum absolute atomic E-state index is 9.72. The van der Waals surface area contributed by atoms with E-state index in [0.29, 0.717) is 16.5 Å². The summed E-state index contributed by atoms with van der Waals surface area (Å²) in [6, 6.07) is 4.60. The molecule has 0 amide bonds. The highest BCUT2D eigenvalue weighted by atomic mass is 35.5. The number of nitrogens with two attached hydrogens (primary N) is 1. The first kappa shape index (κ1) is 11.4. The Morgan fingerprint density at radius 2 is 2.06 bits per heavy atom. The molecule has 0 radical (unpaired) electrons. The van der Waals surface area contributed by atoms with Crippen LogP contribution in [-0.4, -0.2) is 27.1 Å². The van der Waals surface area contributed by atoms with Crippen LogP contribution < -0.4 is 11.1 Å². The summed E-state index contributed by atoms with van der Waals surface area (Å²) < 4.78 is 0. The van der Waals surface area contributed by atoms with Crippen LogP contribution in [0.15, 0.2) is 18.2 Å². The monoisotopic (exact) mass is 251 g/mol. The van der Waals surface area contributed by atoms with Crippen molar-refractivity contribution in [2.24, 2.45) is 0 Å². The second kappa shape index (κ2) is 4.42. The van der Waals surface area contributed by atoms with E-state index in [1.165, 1.54) is 6.07 Å². The number of hydrogen-bond donors (Lipinski definition) is 3. The molecular weight excluding hydrogens is 242 g/mol. The van der Waals surface area contributed by atoms with Crippen molar-refractivity contribution in [3.63, 3.8) is 0 Å². The first-order valence-corrected chi connectivity index (χ1v) is 5.16. The minimum absolute atomic E-state index is 0.0297. The van der Waals surface area contributed by atoms with Gasteiger partial charge in [0.2, 0.25) is 11.9 Å². The van der Waals surface area contributed by atoms with Gasteiger partial charge < -0.3 is 16.2 Å². The molecule has 1 heterocycles. The minimum atomic E-state index is 0.0297. The molecule has 0 fully saturated rings. The Bertz CT molecular complexity index is 560. The van der Waals surface area contributed by atoms with Crippen molar-refractivity contribution >= 4 is 23.5 Å². The van der Waals surface area contributed by atoms with Gasteiger partial charge in [0.1, 0.15) is 5.75 Å². The number of phenols is 1. The molecule has 6 nitrogen and oxygen atoms in total. The third-order valence-corrected chi connectivity index (χ3v) is 2.31. The molecule has 2 rings (SSSR count). The van der Waals surface area contributed by atoms with E-state index in [2.05, 4.69) is 20.3 Å². The van der Waals surface area contributed by atoms with Crippen molar-refractivity contribution in [3.05, 3.63) is 23.2 Å². The lowest BCUT2D eigenvalue weighted by molar-refractivity contribution is 0.477. The van der Waals surface area contributed by atoms with Gasteiger partial charge in [-0.15, -0.1) is 0 Å². The molecule has 0 aliphatic rings. The highest BCUT2D eigenvalue weighted by Crippen LogP contribution is 2.29. The van der Waals surface area contributed by atoms with Crippen LogP contribution in [0.4, 0.5) is 11.9 Å². The highest BCUT2D eigenvalue weighted by Gasteiger charge is 2.10. The van der Waals surface area contributed by atoms with Gasteiger partial charge in [-0.25, -0.2) is 0 Å². The fraction of sp³-hybridized carbons (Fsp3) is 0.100. The maximum Gasteiger partial charge on any atom is 0.227 e. The first-order valence-electron chi connectivity index (χ1n) is 4.78. The van der Waals surface area contributed by atoms with Gasteiger partial charge in [0.15, 0.2) is 5.82 Å². The number of halogens is 1. The predicted octanol–water partition coefficient (Wildman–Crippen LogP) is 1.52. The summed E-state index contributed by atoms with van der Waals surface area (Å²) in [5, 5.41) is 13.0. The zero-order valence-electron chi connectivity index (χ0n) is 8.98. The number of nitrogens with one attached hydrogen (secondary N) is 1. The largest absolute Gasteiger partial charge is 0.507 e. The van der Waals surface area contributed by atoms with Crippen LogP contribution in [0.1, 0.15) is 0 Å². The number of benzene rings is 1. The molecule has 88 valence electrons. The Hall–Kier alpha value is -2.08. The zero-order chi connectivity index (χ0) is 12.4. The maximum atomic E-state index is 9.72. The Morgan fingerprint density at radius 1 is 1.29 bits per heavy atom. The summed E-state index contributed by atoms with van der Waals surface area (Å²) in [4.78, 5) is 11.9. The summed E-state index contributed by atoms with van der Waals surface area (Å²) >= 11 is 5.85. The lowest BCUT2D eigenvalue weighted by atomic mass is 10.2. The topological polar surface area (TPSA) is 97.0 Å². The van der Waals surface area contributed by atoms with Crippen LogP contribution in [0.2, 0.25) is 5.02 Å². The molecule has 2 aromatic rings. The number of phenolic OH excluding ortho intramolecular Hbond substituents is 1. The highest BCUT2D eigenvalue weighted by molar-refractivity contribution is 6.30. The Morgan fingerprint density at radius 3 is 2.76 bits per heavy atom. The molecule has 1 aromatic heterocycles. The number of hydrogen-bond acceptors (Lipinski definition) is 6. The van der Waals surface area contributed by atoms with Crippen LogP contribution in [0.5, 0.6) is 5.75 Å². The summed E-state index contributed by atoms with van der Waals surface area (Å²) in [5.74, 6) is 0.689. The van der Waals surface area contributed by atoms with Crippen LogP contribution in [-0.2, 0) is 0 Å². The predicted molar refractivity (Wildman–Crippen MR) is 65.9 cm³/mol. The van der Waals surface area contributed by atoms with E-state index in [1.54, 1.807) is 19.2 Å². The van der Waals surface area contributed by atoms with Gasteiger partial charge in [-0.1, -0.05) is 11.6 Å². The number of anilines is 2.